The van der Waals surface area contributed by atoms with Gasteiger partial charge in [-0.2, -0.15) is 0 Å². The van der Waals surface area contributed by atoms with Gasteiger partial charge in [-0.25, -0.2) is 0 Å². The van der Waals surface area contributed by atoms with Gasteiger partial charge in [0.25, 0.3) is 0 Å². The number of carbonyl (C=O) groups is 2. The van der Waals surface area contributed by atoms with E-state index in [4.69, 9.17) is 23.8 Å². The van der Waals surface area contributed by atoms with Crippen LogP contribution in [0.1, 0.15) is 11.1 Å². The molecule has 0 atom stereocenters. The highest BCUT2D eigenvalue weighted by molar-refractivity contribution is 7.80. The van der Waals surface area contributed by atoms with Crippen molar-refractivity contribution < 1.29 is 9.59 Å². The van der Waals surface area contributed by atoms with Gasteiger partial charge in [0.05, 0.1) is 0 Å². The minimum absolute atomic E-state index is 0.127. The van der Waals surface area contributed by atoms with Crippen LogP contribution in [0.15, 0.2) is 42.5 Å². The van der Waals surface area contributed by atoms with Gasteiger partial charge >= 0.3 is 11.8 Å². The maximum atomic E-state index is 11.8. The summed E-state index contributed by atoms with van der Waals surface area (Å²) >= 11 is 11.1. The van der Waals surface area contributed by atoms with E-state index in [1.165, 1.54) is 0 Å². The second-order valence-electron chi connectivity index (χ2n) is 5.27. The lowest BCUT2D eigenvalue weighted by atomic mass is 10.2. The average Bonchev–Trinajstić information content (AvgIpc) is 2.59. The van der Waals surface area contributed by atoms with Crippen molar-refractivity contribution in [3.63, 3.8) is 0 Å². The minimum Gasteiger partial charge on any atom is -0.331 e. The quantitative estimate of drug-likeness (QED) is 0.368. The lowest BCUT2D eigenvalue weighted by molar-refractivity contribution is -0.136. The fourth-order valence-electron chi connectivity index (χ4n) is 1.89. The van der Waals surface area contributed by atoms with Crippen molar-refractivity contribution in [3.8, 4) is 0 Å². The van der Waals surface area contributed by atoms with Gasteiger partial charge in [0.2, 0.25) is 0 Å². The van der Waals surface area contributed by atoms with Gasteiger partial charge in [-0.1, -0.05) is 35.4 Å². The molecule has 0 heterocycles. The van der Waals surface area contributed by atoms with Crippen LogP contribution in [0.25, 0.3) is 0 Å². The molecule has 0 aliphatic rings. The van der Waals surface area contributed by atoms with Gasteiger partial charge in [-0.15, -0.1) is 0 Å². The fraction of sp³-hybridized carbons (Fsp3) is 0.118. The Kier molecular flexibility index (Phi) is 6.32. The Morgan fingerprint density at radius 2 is 1.60 bits per heavy atom. The first-order valence-electron chi connectivity index (χ1n) is 7.37. The maximum absolute atomic E-state index is 11.8. The van der Waals surface area contributed by atoms with E-state index in [9.17, 15) is 9.59 Å². The third-order valence-electron chi connectivity index (χ3n) is 3.32. The second-order valence-corrected chi connectivity index (χ2v) is 6.08. The highest BCUT2D eigenvalue weighted by Crippen LogP contribution is 2.22. The standard InChI is InChI=1S/C17H17ClN4O2S/c1-10-6-8-12(9-7-10)19-15(23)16(24)21-22-17(25)20-14-5-3-4-13(18)11(14)2/h3-9H,1-2H3,(H,19,23)(H,21,24)(H2,20,22,25). The van der Waals surface area contributed by atoms with E-state index >= 15 is 0 Å². The van der Waals surface area contributed by atoms with E-state index < -0.39 is 11.8 Å². The number of hydrogen-bond acceptors (Lipinski definition) is 3. The predicted octanol–water partition coefficient (Wildman–Crippen LogP) is 2.91. The Bertz CT molecular complexity index is 809. The van der Waals surface area contributed by atoms with Crippen molar-refractivity contribution in [2.45, 2.75) is 13.8 Å². The number of thiocarbonyl (C=S) groups is 1. The van der Waals surface area contributed by atoms with Gasteiger partial charge in [0.15, 0.2) is 5.11 Å². The first-order valence-corrected chi connectivity index (χ1v) is 8.15. The third-order valence-corrected chi connectivity index (χ3v) is 3.93. The number of amides is 2. The second kappa shape index (κ2) is 8.46. The molecule has 0 radical (unpaired) electrons. The number of nitrogens with one attached hydrogen (secondary N) is 4. The number of anilines is 2. The van der Waals surface area contributed by atoms with Crippen LogP contribution in [0.5, 0.6) is 0 Å². The number of hydrazine groups is 1. The van der Waals surface area contributed by atoms with Crippen molar-refractivity contribution in [3.05, 3.63) is 58.6 Å². The SMILES string of the molecule is Cc1ccc(NC(=O)C(=O)NNC(=S)Nc2cccc(Cl)c2C)cc1. The first kappa shape index (κ1) is 18.7. The Morgan fingerprint density at radius 3 is 2.28 bits per heavy atom. The zero-order chi connectivity index (χ0) is 18.4. The van der Waals surface area contributed by atoms with E-state index in [2.05, 4.69) is 21.5 Å². The van der Waals surface area contributed by atoms with Gasteiger partial charge in [0, 0.05) is 16.4 Å². The van der Waals surface area contributed by atoms with Gasteiger partial charge in [-0.05, 0) is 55.9 Å². The molecule has 0 aliphatic heterocycles. The van der Waals surface area contributed by atoms with E-state index in [0.717, 1.165) is 11.1 Å². The van der Waals surface area contributed by atoms with E-state index in [0.29, 0.717) is 16.4 Å². The maximum Gasteiger partial charge on any atom is 0.328 e. The molecule has 8 heteroatoms. The molecular weight excluding hydrogens is 360 g/mol. The lowest BCUT2D eigenvalue weighted by Crippen LogP contribution is -2.48. The number of carbonyl (C=O) groups excluding carboxylic acids is 2. The summed E-state index contributed by atoms with van der Waals surface area (Å²) in [7, 11) is 0. The number of benzene rings is 2. The van der Waals surface area contributed by atoms with Crippen molar-refractivity contribution in [1.82, 2.24) is 10.9 Å². The molecule has 2 aromatic rings. The summed E-state index contributed by atoms with van der Waals surface area (Å²) < 4.78 is 0. The first-order chi connectivity index (χ1) is 11.9. The van der Waals surface area contributed by atoms with Crippen LogP contribution in [0.2, 0.25) is 5.02 Å². The summed E-state index contributed by atoms with van der Waals surface area (Å²) in [6, 6.07) is 12.4. The minimum atomic E-state index is -0.868. The monoisotopic (exact) mass is 376 g/mol. The molecule has 0 unspecified atom stereocenters. The third kappa shape index (κ3) is 5.44. The largest absolute Gasteiger partial charge is 0.331 e. The normalized spacial score (nSPS) is 9.88. The van der Waals surface area contributed by atoms with Crippen LogP contribution in [0, 0.1) is 13.8 Å². The Balaban J connectivity index is 1.84. The molecule has 0 bridgehead atoms. The van der Waals surface area contributed by atoms with Crippen LogP contribution >= 0.6 is 23.8 Å². The molecule has 2 aromatic carbocycles. The van der Waals surface area contributed by atoms with E-state index in [1.54, 1.807) is 30.3 Å². The molecule has 6 nitrogen and oxygen atoms in total. The Hall–Kier alpha value is -2.64. The summed E-state index contributed by atoms with van der Waals surface area (Å²) in [4.78, 5) is 23.6. The lowest BCUT2D eigenvalue weighted by Gasteiger charge is -2.13. The summed E-state index contributed by atoms with van der Waals surface area (Å²) in [6.45, 7) is 3.76. The zero-order valence-corrected chi connectivity index (χ0v) is 15.2. The van der Waals surface area contributed by atoms with Crippen LogP contribution in [0.3, 0.4) is 0 Å². The molecule has 2 rings (SSSR count). The molecule has 0 aromatic heterocycles. The van der Waals surface area contributed by atoms with Gasteiger partial charge in [-0.3, -0.25) is 20.4 Å². The summed E-state index contributed by atoms with van der Waals surface area (Å²) in [6.07, 6.45) is 0. The van der Waals surface area contributed by atoms with Crippen molar-refractivity contribution in [2.24, 2.45) is 0 Å². The molecule has 4 N–H and O–H groups in total. The van der Waals surface area contributed by atoms with Gasteiger partial charge in [0.1, 0.15) is 0 Å². The molecule has 0 spiro atoms. The van der Waals surface area contributed by atoms with Crippen molar-refractivity contribution in [1.29, 1.82) is 0 Å². The van der Waals surface area contributed by atoms with E-state index in [-0.39, 0.29) is 5.11 Å². The predicted molar refractivity (Wildman–Crippen MR) is 103 cm³/mol. The van der Waals surface area contributed by atoms with Crippen LogP contribution in [0.4, 0.5) is 11.4 Å². The average molecular weight is 377 g/mol. The van der Waals surface area contributed by atoms with Crippen LogP contribution in [-0.4, -0.2) is 16.9 Å². The molecule has 0 aliphatic carbocycles. The molecule has 25 heavy (non-hydrogen) atoms. The Morgan fingerprint density at radius 1 is 0.920 bits per heavy atom. The van der Waals surface area contributed by atoms with Crippen LogP contribution < -0.4 is 21.5 Å². The molecule has 0 saturated heterocycles. The highest BCUT2D eigenvalue weighted by atomic mass is 35.5. The molecule has 130 valence electrons. The number of hydrogen-bond donors (Lipinski definition) is 4. The summed E-state index contributed by atoms with van der Waals surface area (Å²) in [5.41, 5.74) is 7.80. The van der Waals surface area contributed by atoms with Gasteiger partial charge < -0.3 is 10.6 Å². The molecule has 0 saturated carbocycles. The zero-order valence-electron chi connectivity index (χ0n) is 13.6. The number of halogens is 1. The summed E-state index contributed by atoms with van der Waals surface area (Å²) in [5, 5.41) is 6.10. The molecule has 2 amide bonds. The van der Waals surface area contributed by atoms with Crippen molar-refractivity contribution in [2.75, 3.05) is 10.6 Å². The molecule has 0 fully saturated rings. The smallest absolute Gasteiger partial charge is 0.328 e. The highest BCUT2D eigenvalue weighted by Gasteiger charge is 2.14. The summed E-state index contributed by atoms with van der Waals surface area (Å²) in [5.74, 6) is -1.68. The van der Waals surface area contributed by atoms with Crippen LogP contribution in [-0.2, 0) is 9.59 Å². The Labute approximate surface area is 155 Å². The fourth-order valence-corrected chi connectivity index (χ4v) is 2.23. The topological polar surface area (TPSA) is 82.3 Å². The number of rotatable bonds is 2. The number of aryl methyl sites for hydroxylation is 1. The van der Waals surface area contributed by atoms with E-state index in [1.807, 2.05) is 26.0 Å². The van der Waals surface area contributed by atoms with Crippen molar-refractivity contribution >= 4 is 52.1 Å². The molecular formula is C17H17ClN4O2S.